The van der Waals surface area contributed by atoms with E-state index in [1.54, 1.807) is 0 Å². The van der Waals surface area contributed by atoms with Gasteiger partial charge in [-0.3, -0.25) is 9.52 Å². The summed E-state index contributed by atoms with van der Waals surface area (Å²) < 4.78 is 101. The molecule has 0 heterocycles. The standard InChI is InChI=1S/C6H2F8NO3S/c7-3(8,1(16)15-19)5(11,12)6(13,14)4(9,10)2(17)18/h(H,15,16)(H,17,18). The number of carboxylic acid groups (broad SMARTS) is 1. The number of nitrogens with one attached hydrogen (secondary N) is 1. The Morgan fingerprint density at radius 2 is 1.16 bits per heavy atom. The molecule has 0 spiro atoms. The van der Waals surface area contributed by atoms with E-state index in [9.17, 15) is 44.7 Å². The molecule has 0 saturated carbocycles. The maximum atomic E-state index is 12.7. The average molecular weight is 320 g/mol. The van der Waals surface area contributed by atoms with Crippen LogP contribution in [0.5, 0.6) is 0 Å². The van der Waals surface area contributed by atoms with Gasteiger partial charge in [0, 0.05) is 12.8 Å². The second-order valence-corrected chi connectivity index (χ2v) is 3.24. The average Bonchev–Trinajstić information content (AvgIpc) is 2.26. The number of carbonyl (C=O) groups excluding carboxylic acids is 1. The molecule has 0 aromatic rings. The molecule has 4 nitrogen and oxygen atoms in total. The van der Waals surface area contributed by atoms with E-state index in [1.165, 1.54) is 0 Å². The lowest BCUT2D eigenvalue weighted by molar-refractivity contribution is -0.350. The molecule has 111 valence electrons. The first kappa shape index (κ1) is 17.7. The summed E-state index contributed by atoms with van der Waals surface area (Å²) in [6.45, 7) is 0. The third kappa shape index (κ3) is 2.30. The maximum absolute atomic E-state index is 12.7. The molecule has 13 heteroatoms. The summed E-state index contributed by atoms with van der Waals surface area (Å²) in [4.78, 5) is 20.0. The van der Waals surface area contributed by atoms with E-state index in [4.69, 9.17) is 5.11 Å². The van der Waals surface area contributed by atoms with Gasteiger partial charge in [0.25, 0.3) is 0 Å². The molecular weight excluding hydrogens is 318 g/mol. The molecule has 0 aliphatic rings. The molecule has 0 aromatic carbocycles. The van der Waals surface area contributed by atoms with Crippen molar-refractivity contribution in [3.63, 3.8) is 0 Å². The van der Waals surface area contributed by atoms with Gasteiger partial charge in [0.2, 0.25) is 0 Å². The number of hydrogen-bond acceptors (Lipinski definition) is 2. The van der Waals surface area contributed by atoms with E-state index in [1.807, 2.05) is 0 Å². The number of alkyl halides is 8. The minimum absolute atomic E-state index is 0.453. The van der Waals surface area contributed by atoms with Gasteiger partial charge in [-0.25, -0.2) is 4.79 Å². The van der Waals surface area contributed by atoms with Crippen LogP contribution in [0, 0.1) is 0 Å². The van der Waals surface area contributed by atoms with Crippen molar-refractivity contribution in [2.75, 3.05) is 0 Å². The van der Waals surface area contributed by atoms with Crippen LogP contribution in [0.3, 0.4) is 0 Å². The zero-order chi connectivity index (χ0) is 15.9. The summed E-state index contributed by atoms with van der Waals surface area (Å²) >= 11 is 3.40. The second-order valence-electron chi connectivity index (χ2n) is 3.03. The number of carboxylic acids is 1. The Bertz CT molecular complexity index is 398. The van der Waals surface area contributed by atoms with Gasteiger partial charge in [-0.2, -0.15) is 35.1 Å². The molecule has 1 amide bonds. The largest absolute Gasteiger partial charge is 0.477 e. The van der Waals surface area contributed by atoms with Gasteiger partial charge in [0.15, 0.2) is 0 Å². The fourth-order valence-electron chi connectivity index (χ4n) is 0.735. The van der Waals surface area contributed by atoms with Gasteiger partial charge in [-0.15, -0.1) is 0 Å². The molecule has 2 N–H and O–H groups in total. The van der Waals surface area contributed by atoms with Crippen LogP contribution in [0.1, 0.15) is 0 Å². The number of carbonyl (C=O) groups is 2. The molecule has 0 unspecified atom stereocenters. The van der Waals surface area contributed by atoms with Crippen LogP contribution < -0.4 is 4.72 Å². The number of halogens is 8. The van der Waals surface area contributed by atoms with Gasteiger partial charge >= 0.3 is 35.6 Å². The molecule has 0 aliphatic heterocycles. The molecule has 1 radical (unpaired) electrons. The van der Waals surface area contributed by atoms with Crippen molar-refractivity contribution in [3.8, 4) is 0 Å². The van der Waals surface area contributed by atoms with Crippen LogP contribution in [-0.4, -0.2) is 40.7 Å². The molecule has 0 saturated heterocycles. The summed E-state index contributed by atoms with van der Waals surface area (Å²) in [6.07, 6.45) is 0. The highest BCUT2D eigenvalue weighted by atomic mass is 32.1. The van der Waals surface area contributed by atoms with E-state index in [0.29, 0.717) is 4.72 Å². The third-order valence-corrected chi connectivity index (χ3v) is 2.01. The zero-order valence-electron chi connectivity index (χ0n) is 8.20. The second kappa shape index (κ2) is 4.68. The smallest absolute Gasteiger partial charge is 0.410 e. The maximum Gasteiger partial charge on any atom is 0.410 e. The first-order chi connectivity index (χ1) is 8.17. The lowest BCUT2D eigenvalue weighted by Crippen LogP contribution is -2.67. The molecule has 0 aromatic heterocycles. The molecule has 19 heavy (non-hydrogen) atoms. The SMILES string of the molecule is O=C(O)C(F)(F)C(F)(F)C(F)(F)C(F)(F)C(=O)N[S]. The number of rotatable bonds is 5. The molecule has 0 fully saturated rings. The summed E-state index contributed by atoms with van der Waals surface area (Å²) in [6, 6.07) is 0. The first-order valence-electron chi connectivity index (χ1n) is 3.85. The van der Waals surface area contributed by atoms with E-state index < -0.39 is 35.6 Å². The van der Waals surface area contributed by atoms with Gasteiger partial charge in [0.05, 0.1) is 0 Å². The Balaban J connectivity index is 5.90. The van der Waals surface area contributed by atoms with E-state index in [-0.39, 0.29) is 0 Å². The predicted octanol–water partition coefficient (Wildman–Crippen LogP) is 1.84. The fourth-order valence-corrected chi connectivity index (χ4v) is 0.864. The molecular formula is C6H2F8NO3S. The molecule has 0 rings (SSSR count). The fraction of sp³-hybridized carbons (Fsp3) is 0.667. The van der Waals surface area contributed by atoms with Crippen molar-refractivity contribution >= 4 is 24.7 Å². The summed E-state index contributed by atoms with van der Waals surface area (Å²) in [5.74, 6) is -33.9. The molecule has 0 bridgehead atoms. The van der Waals surface area contributed by atoms with Crippen LogP contribution in [0.2, 0.25) is 0 Å². The van der Waals surface area contributed by atoms with E-state index >= 15 is 0 Å². The van der Waals surface area contributed by atoms with Crippen LogP contribution in [0.25, 0.3) is 0 Å². The topological polar surface area (TPSA) is 66.4 Å². The lowest BCUT2D eigenvalue weighted by atomic mass is 9.98. The van der Waals surface area contributed by atoms with Gasteiger partial charge < -0.3 is 5.11 Å². The van der Waals surface area contributed by atoms with Gasteiger partial charge in [0.1, 0.15) is 0 Å². The van der Waals surface area contributed by atoms with Crippen molar-refractivity contribution in [1.82, 2.24) is 4.72 Å². The Kier molecular flexibility index (Phi) is 4.37. The monoisotopic (exact) mass is 320 g/mol. The summed E-state index contributed by atoms with van der Waals surface area (Å²) in [5, 5.41) is 7.67. The van der Waals surface area contributed by atoms with Gasteiger partial charge in [-0.05, 0) is 0 Å². The third-order valence-electron chi connectivity index (χ3n) is 1.83. The quantitative estimate of drug-likeness (QED) is 0.760. The van der Waals surface area contributed by atoms with E-state index in [0.717, 1.165) is 0 Å². The molecule has 0 aliphatic carbocycles. The Morgan fingerprint density at radius 3 is 1.42 bits per heavy atom. The van der Waals surface area contributed by atoms with Crippen LogP contribution >= 0.6 is 12.8 Å². The number of amides is 1. The Hall–Kier alpha value is -1.27. The predicted molar refractivity (Wildman–Crippen MR) is 43.2 cm³/mol. The number of hydrogen-bond donors (Lipinski definition) is 2. The molecule has 0 atom stereocenters. The summed E-state index contributed by atoms with van der Waals surface area (Å²) in [5.41, 5.74) is 0. The minimum Gasteiger partial charge on any atom is -0.477 e. The Morgan fingerprint density at radius 1 is 0.842 bits per heavy atom. The Labute approximate surface area is 104 Å². The summed E-state index contributed by atoms with van der Waals surface area (Å²) in [7, 11) is 0. The van der Waals surface area contributed by atoms with Crippen molar-refractivity contribution < 1.29 is 49.8 Å². The normalized spacial score (nSPS) is 14.2. The van der Waals surface area contributed by atoms with Crippen LogP contribution in [-0.2, 0) is 9.59 Å². The zero-order valence-corrected chi connectivity index (χ0v) is 9.01. The first-order valence-corrected chi connectivity index (χ1v) is 4.26. The number of aliphatic carboxylic acids is 1. The lowest BCUT2D eigenvalue weighted by Gasteiger charge is -2.33. The highest BCUT2D eigenvalue weighted by molar-refractivity contribution is 7.78. The van der Waals surface area contributed by atoms with E-state index in [2.05, 4.69) is 12.8 Å². The van der Waals surface area contributed by atoms with Crippen molar-refractivity contribution in [1.29, 1.82) is 0 Å². The van der Waals surface area contributed by atoms with Crippen LogP contribution in [0.15, 0.2) is 0 Å². The van der Waals surface area contributed by atoms with Crippen LogP contribution in [0.4, 0.5) is 35.1 Å². The van der Waals surface area contributed by atoms with Crippen molar-refractivity contribution in [2.24, 2.45) is 0 Å². The van der Waals surface area contributed by atoms with Crippen molar-refractivity contribution in [3.05, 3.63) is 0 Å². The van der Waals surface area contributed by atoms with Crippen molar-refractivity contribution in [2.45, 2.75) is 23.7 Å². The minimum atomic E-state index is -7.04. The highest BCUT2D eigenvalue weighted by Gasteiger charge is 2.84. The highest BCUT2D eigenvalue weighted by Crippen LogP contribution is 2.52. The van der Waals surface area contributed by atoms with Gasteiger partial charge in [-0.1, -0.05) is 0 Å².